The molecule has 18 heavy (non-hydrogen) atoms. The van der Waals surface area contributed by atoms with E-state index in [1.807, 2.05) is 42.5 Å². The van der Waals surface area contributed by atoms with Crippen molar-refractivity contribution in [1.29, 1.82) is 0 Å². The first kappa shape index (κ1) is 12.7. The Labute approximate surface area is 116 Å². The van der Waals surface area contributed by atoms with Crippen LogP contribution >= 0.6 is 0 Å². The van der Waals surface area contributed by atoms with Crippen molar-refractivity contribution in [2.75, 3.05) is 0 Å². The zero-order valence-electron chi connectivity index (χ0n) is 9.97. The minimum Gasteiger partial charge on any atom is -0.521 e. The van der Waals surface area contributed by atoms with Gasteiger partial charge in [-0.1, -0.05) is 52.7 Å². The Hall–Kier alpha value is -1.75. The molecule has 3 rings (SSSR count). The molecule has 3 heteroatoms. The molecule has 0 saturated carbocycles. The van der Waals surface area contributed by atoms with Gasteiger partial charge in [-0.25, -0.2) is 0 Å². The molecular formula is C15H9LiO2. The number of hydrogen-bond donors (Lipinski definition) is 1. The fourth-order valence-corrected chi connectivity index (χ4v) is 2.16. The van der Waals surface area contributed by atoms with Crippen LogP contribution in [0.25, 0.3) is 21.5 Å². The monoisotopic (exact) mass is 228 g/mol. The fourth-order valence-electron chi connectivity index (χ4n) is 2.16. The van der Waals surface area contributed by atoms with E-state index in [0.717, 1.165) is 21.5 Å². The standard InChI is InChI=1S/C15H9O2.Li/c16-15(17)14-7-3-6-12-11-5-2-1-4-10(11)8-9-13(12)14;/h1-6,8-9H,(H,16,17);/q-1;+1. The summed E-state index contributed by atoms with van der Waals surface area (Å²) < 4.78 is 0. The largest absolute Gasteiger partial charge is 1.00 e. The summed E-state index contributed by atoms with van der Waals surface area (Å²) in [5, 5.41) is 13.0. The van der Waals surface area contributed by atoms with Crippen molar-refractivity contribution >= 4 is 27.5 Å². The summed E-state index contributed by atoms with van der Waals surface area (Å²) in [6.07, 6.45) is 0. The van der Waals surface area contributed by atoms with Gasteiger partial charge in [0.2, 0.25) is 5.97 Å². The summed E-state index contributed by atoms with van der Waals surface area (Å²) in [6.45, 7) is 0. The second-order valence-electron chi connectivity index (χ2n) is 3.91. The molecule has 0 aromatic heterocycles. The maximum Gasteiger partial charge on any atom is 1.00 e. The smallest absolute Gasteiger partial charge is 0.521 e. The zero-order chi connectivity index (χ0) is 11.8. The average molecular weight is 228 g/mol. The second kappa shape index (κ2) is 4.86. The number of carboxylic acid groups (broad SMARTS) is 1. The number of carboxylic acids is 1. The van der Waals surface area contributed by atoms with E-state index in [4.69, 9.17) is 5.11 Å². The molecule has 0 aliphatic carbocycles. The third-order valence-corrected chi connectivity index (χ3v) is 2.93. The first-order valence-electron chi connectivity index (χ1n) is 5.33. The van der Waals surface area contributed by atoms with Crippen LogP contribution in [-0.2, 0) is 0 Å². The Balaban J connectivity index is 0.00000120. The average Bonchev–Trinajstić information content (AvgIpc) is 2.37. The third kappa shape index (κ3) is 1.90. The Morgan fingerprint density at radius 2 is 1.72 bits per heavy atom. The molecule has 0 spiro atoms. The van der Waals surface area contributed by atoms with Crippen molar-refractivity contribution in [2.24, 2.45) is 0 Å². The molecule has 82 valence electrons. The Morgan fingerprint density at radius 3 is 2.50 bits per heavy atom. The van der Waals surface area contributed by atoms with Crippen molar-refractivity contribution in [2.45, 2.75) is 0 Å². The maximum atomic E-state index is 11.1. The normalized spacial score (nSPS) is 10.2. The van der Waals surface area contributed by atoms with Gasteiger partial charge in [0.15, 0.2) is 0 Å². The van der Waals surface area contributed by atoms with Crippen LogP contribution in [0.15, 0.2) is 48.5 Å². The van der Waals surface area contributed by atoms with Crippen molar-refractivity contribution in [3.05, 3.63) is 60.2 Å². The van der Waals surface area contributed by atoms with Crippen LogP contribution < -0.4 is 18.9 Å². The van der Waals surface area contributed by atoms with Gasteiger partial charge in [-0.15, -0.1) is 18.2 Å². The number of rotatable bonds is 1. The second-order valence-corrected chi connectivity index (χ2v) is 3.91. The van der Waals surface area contributed by atoms with Crippen LogP contribution in [0.4, 0.5) is 0 Å². The van der Waals surface area contributed by atoms with E-state index in [1.54, 1.807) is 6.07 Å². The number of aromatic carboxylic acids is 1. The van der Waals surface area contributed by atoms with Crippen LogP contribution in [0.2, 0.25) is 0 Å². The number of benzene rings is 3. The molecule has 0 fully saturated rings. The molecule has 0 atom stereocenters. The minimum absolute atomic E-state index is 0. The van der Waals surface area contributed by atoms with Crippen LogP contribution in [0.3, 0.4) is 0 Å². The quantitative estimate of drug-likeness (QED) is 0.374. The summed E-state index contributed by atoms with van der Waals surface area (Å²) in [7, 11) is 0. The van der Waals surface area contributed by atoms with Crippen molar-refractivity contribution in [1.82, 2.24) is 0 Å². The van der Waals surface area contributed by atoms with E-state index >= 15 is 0 Å². The van der Waals surface area contributed by atoms with E-state index < -0.39 is 5.97 Å². The first-order chi connectivity index (χ1) is 8.27. The van der Waals surface area contributed by atoms with Crippen molar-refractivity contribution < 1.29 is 28.8 Å². The van der Waals surface area contributed by atoms with E-state index in [-0.39, 0.29) is 24.4 Å². The van der Waals surface area contributed by atoms with E-state index in [1.165, 1.54) is 0 Å². The molecule has 1 N–H and O–H groups in total. The predicted octanol–water partition coefficient (Wildman–Crippen LogP) is 0.495. The predicted molar refractivity (Wildman–Crippen MR) is 67.2 cm³/mol. The maximum absolute atomic E-state index is 11.1. The van der Waals surface area contributed by atoms with Gasteiger partial charge in [-0.05, 0) is 10.8 Å². The molecule has 0 aliphatic rings. The van der Waals surface area contributed by atoms with E-state index in [0.29, 0.717) is 0 Å². The first-order valence-corrected chi connectivity index (χ1v) is 5.33. The van der Waals surface area contributed by atoms with Gasteiger partial charge < -0.3 is 9.90 Å². The van der Waals surface area contributed by atoms with Gasteiger partial charge >= 0.3 is 18.9 Å². The molecule has 0 radical (unpaired) electrons. The van der Waals surface area contributed by atoms with Gasteiger partial charge in [0, 0.05) is 0 Å². The summed E-state index contributed by atoms with van der Waals surface area (Å²) in [4.78, 5) is 11.1. The Morgan fingerprint density at radius 1 is 0.944 bits per heavy atom. The van der Waals surface area contributed by atoms with Crippen molar-refractivity contribution in [3.63, 3.8) is 0 Å². The van der Waals surface area contributed by atoms with Gasteiger partial charge in [-0.2, -0.15) is 0 Å². The molecule has 0 bridgehead atoms. The molecular weight excluding hydrogens is 219 g/mol. The molecule has 0 heterocycles. The van der Waals surface area contributed by atoms with Crippen LogP contribution in [0, 0.1) is 6.07 Å². The topological polar surface area (TPSA) is 37.3 Å². The van der Waals surface area contributed by atoms with Crippen LogP contribution in [0.5, 0.6) is 0 Å². The number of fused-ring (bicyclic) bond motifs is 3. The van der Waals surface area contributed by atoms with Crippen molar-refractivity contribution in [3.8, 4) is 0 Å². The summed E-state index contributed by atoms with van der Waals surface area (Å²) in [6, 6.07) is 18.1. The molecule has 2 nitrogen and oxygen atoms in total. The SMILES string of the molecule is O=C(O)c1[c-]ccc2c1ccc1ccccc12.[Li+]. The minimum atomic E-state index is -0.939. The number of hydrogen-bond acceptors (Lipinski definition) is 1. The van der Waals surface area contributed by atoms with Crippen LogP contribution in [-0.4, -0.2) is 11.1 Å². The summed E-state index contributed by atoms with van der Waals surface area (Å²) >= 11 is 0. The van der Waals surface area contributed by atoms with E-state index in [9.17, 15) is 4.79 Å². The summed E-state index contributed by atoms with van der Waals surface area (Å²) in [5.74, 6) is -0.939. The van der Waals surface area contributed by atoms with Gasteiger partial charge in [0.05, 0.1) is 0 Å². The zero-order valence-corrected chi connectivity index (χ0v) is 9.97. The molecule has 3 aromatic rings. The van der Waals surface area contributed by atoms with Gasteiger partial charge in [0.1, 0.15) is 0 Å². The molecule has 0 saturated heterocycles. The fraction of sp³-hybridized carbons (Fsp3) is 0. The van der Waals surface area contributed by atoms with E-state index in [2.05, 4.69) is 6.07 Å². The Kier molecular flexibility index (Phi) is 3.43. The van der Waals surface area contributed by atoms with Crippen LogP contribution in [0.1, 0.15) is 10.4 Å². The summed E-state index contributed by atoms with van der Waals surface area (Å²) in [5.41, 5.74) is 0.230. The van der Waals surface area contributed by atoms with Gasteiger partial charge in [0.25, 0.3) is 0 Å². The molecule has 0 unspecified atom stereocenters. The molecule has 0 amide bonds. The molecule has 3 aromatic carbocycles. The number of carbonyl (C=O) groups is 1. The Bertz CT molecular complexity index is 735. The van der Waals surface area contributed by atoms with Gasteiger partial charge in [-0.3, -0.25) is 0 Å². The molecule has 0 aliphatic heterocycles. The third-order valence-electron chi connectivity index (χ3n) is 2.93.